The summed E-state index contributed by atoms with van der Waals surface area (Å²) in [6, 6.07) is 22.0. The Morgan fingerprint density at radius 1 is 0.857 bits per heavy atom. The second kappa shape index (κ2) is 11.5. The highest BCUT2D eigenvalue weighted by molar-refractivity contribution is 8.00. The Balaban J connectivity index is 1.45. The summed E-state index contributed by atoms with van der Waals surface area (Å²) in [5, 5.41) is 14.6. The van der Waals surface area contributed by atoms with Gasteiger partial charge in [-0.05, 0) is 54.8 Å². The van der Waals surface area contributed by atoms with Crippen LogP contribution in [0, 0.1) is 11.8 Å². The molecule has 0 bridgehead atoms. The van der Waals surface area contributed by atoms with E-state index >= 15 is 0 Å². The van der Waals surface area contributed by atoms with Gasteiger partial charge in [0.15, 0.2) is 0 Å². The average Bonchev–Trinajstić information content (AvgIpc) is 2.89. The molecule has 3 N–H and O–H groups in total. The Morgan fingerprint density at radius 2 is 1.54 bits per heavy atom. The number of aromatic nitrogens is 1. The van der Waals surface area contributed by atoms with Crippen molar-refractivity contribution in [1.82, 2.24) is 4.98 Å². The first-order valence-corrected chi connectivity index (χ1v) is 12.1. The molecule has 0 saturated heterocycles. The molecule has 8 heteroatoms. The number of allylic oxidation sites excluding steroid dienone is 2. The lowest BCUT2D eigenvalue weighted by molar-refractivity contribution is -0.146. The highest BCUT2D eigenvalue weighted by Gasteiger charge is 2.34. The van der Waals surface area contributed by atoms with Crippen LogP contribution in [0.25, 0.3) is 0 Å². The minimum Gasteiger partial charge on any atom is -0.481 e. The van der Waals surface area contributed by atoms with Crippen molar-refractivity contribution in [2.75, 3.05) is 10.6 Å². The van der Waals surface area contributed by atoms with Crippen LogP contribution >= 0.6 is 11.8 Å². The van der Waals surface area contributed by atoms with E-state index in [4.69, 9.17) is 0 Å². The summed E-state index contributed by atoms with van der Waals surface area (Å²) < 4.78 is 0. The third-order valence-electron chi connectivity index (χ3n) is 5.72. The number of carboxylic acid groups (broad SMARTS) is 1. The van der Waals surface area contributed by atoms with Crippen LogP contribution in [0.2, 0.25) is 0 Å². The first-order chi connectivity index (χ1) is 17.0. The smallest absolute Gasteiger partial charge is 0.307 e. The van der Waals surface area contributed by atoms with E-state index in [0.29, 0.717) is 24.3 Å². The number of hydrogen-bond acceptors (Lipinski definition) is 5. The fourth-order valence-electron chi connectivity index (χ4n) is 3.89. The molecule has 1 heterocycles. The molecule has 0 radical (unpaired) electrons. The van der Waals surface area contributed by atoms with Gasteiger partial charge in [0.05, 0.1) is 11.8 Å². The quantitative estimate of drug-likeness (QED) is 0.299. The molecule has 35 heavy (non-hydrogen) atoms. The molecule has 1 aliphatic carbocycles. The van der Waals surface area contributed by atoms with Gasteiger partial charge in [0.25, 0.3) is 0 Å². The Hall–Kier alpha value is -3.91. The molecule has 0 saturated carbocycles. The van der Waals surface area contributed by atoms with E-state index < -0.39 is 23.1 Å². The molecule has 7 nitrogen and oxygen atoms in total. The molecule has 1 aromatic heterocycles. The zero-order chi connectivity index (χ0) is 24.6. The van der Waals surface area contributed by atoms with Crippen LogP contribution < -0.4 is 10.6 Å². The molecule has 3 atom stereocenters. The fourth-order valence-corrected chi connectivity index (χ4v) is 4.92. The molecule has 1 aliphatic rings. The standard InChI is InChI=1S/C27H25N3O4S/c31-25(21-10-4-5-11-22(21)27(33)34)29-19-13-15-20(16-14-19)35-24(18-8-2-1-3-9-18)26(32)30-23-12-6-7-17-28-23/h1-9,12-17,21-22,24H,10-11H2,(H,29,31)(H,33,34)(H,28,30,32). The third kappa shape index (κ3) is 6.36. The highest BCUT2D eigenvalue weighted by Crippen LogP contribution is 2.37. The van der Waals surface area contributed by atoms with Gasteiger partial charge in [-0.15, -0.1) is 11.8 Å². The molecule has 2 aromatic carbocycles. The van der Waals surface area contributed by atoms with Gasteiger partial charge in [0.2, 0.25) is 11.8 Å². The summed E-state index contributed by atoms with van der Waals surface area (Å²) in [4.78, 5) is 42.3. The molecule has 3 aromatic rings. The van der Waals surface area contributed by atoms with Crippen LogP contribution in [0.3, 0.4) is 0 Å². The van der Waals surface area contributed by atoms with E-state index in [1.807, 2.05) is 60.7 Å². The number of nitrogens with zero attached hydrogens (tertiary/aromatic N) is 1. The van der Waals surface area contributed by atoms with Crippen LogP contribution in [-0.4, -0.2) is 27.9 Å². The van der Waals surface area contributed by atoms with Crippen molar-refractivity contribution < 1.29 is 19.5 Å². The van der Waals surface area contributed by atoms with Gasteiger partial charge < -0.3 is 15.7 Å². The number of anilines is 2. The van der Waals surface area contributed by atoms with Crippen molar-refractivity contribution >= 4 is 41.1 Å². The zero-order valence-electron chi connectivity index (χ0n) is 18.8. The van der Waals surface area contributed by atoms with Gasteiger partial charge in [-0.1, -0.05) is 48.6 Å². The topological polar surface area (TPSA) is 108 Å². The van der Waals surface area contributed by atoms with Gasteiger partial charge in [0.1, 0.15) is 11.1 Å². The largest absolute Gasteiger partial charge is 0.481 e. The summed E-state index contributed by atoms with van der Waals surface area (Å²) in [6.45, 7) is 0. The molecule has 178 valence electrons. The first kappa shape index (κ1) is 24.2. The fraction of sp³-hybridized carbons (Fsp3) is 0.185. The number of nitrogens with one attached hydrogen (secondary N) is 2. The molecule has 2 amide bonds. The summed E-state index contributed by atoms with van der Waals surface area (Å²) in [7, 11) is 0. The first-order valence-electron chi connectivity index (χ1n) is 11.2. The van der Waals surface area contributed by atoms with E-state index in [2.05, 4.69) is 15.6 Å². The number of benzene rings is 2. The van der Waals surface area contributed by atoms with Gasteiger partial charge in [0, 0.05) is 16.8 Å². The van der Waals surface area contributed by atoms with E-state index in [1.54, 1.807) is 30.5 Å². The predicted molar refractivity (Wildman–Crippen MR) is 136 cm³/mol. The molecule has 3 unspecified atom stereocenters. The number of carbonyl (C=O) groups excluding carboxylic acids is 2. The number of aliphatic carboxylic acids is 1. The summed E-state index contributed by atoms with van der Waals surface area (Å²) >= 11 is 1.39. The van der Waals surface area contributed by atoms with Crippen molar-refractivity contribution in [3.05, 3.63) is 96.7 Å². The van der Waals surface area contributed by atoms with E-state index in [9.17, 15) is 19.5 Å². The van der Waals surface area contributed by atoms with Crippen molar-refractivity contribution in [3.8, 4) is 0 Å². The van der Waals surface area contributed by atoms with Crippen LogP contribution in [0.1, 0.15) is 23.7 Å². The van der Waals surface area contributed by atoms with E-state index in [1.165, 1.54) is 11.8 Å². The lowest BCUT2D eigenvalue weighted by atomic mass is 9.82. The number of amides is 2. The maximum absolute atomic E-state index is 13.1. The Labute approximate surface area is 207 Å². The van der Waals surface area contributed by atoms with Gasteiger partial charge >= 0.3 is 5.97 Å². The number of hydrogen-bond donors (Lipinski definition) is 3. The summed E-state index contributed by atoms with van der Waals surface area (Å²) in [5.74, 6) is -2.31. The number of thioether (sulfide) groups is 1. The lowest BCUT2D eigenvalue weighted by Gasteiger charge is -2.24. The number of pyridine rings is 1. The number of rotatable bonds is 8. The maximum Gasteiger partial charge on any atom is 0.307 e. The summed E-state index contributed by atoms with van der Waals surface area (Å²) in [5.41, 5.74) is 1.43. The maximum atomic E-state index is 13.1. The predicted octanol–water partition coefficient (Wildman–Crippen LogP) is 5.16. The third-order valence-corrected chi connectivity index (χ3v) is 6.99. The van der Waals surface area contributed by atoms with Gasteiger partial charge in [-0.25, -0.2) is 4.98 Å². The van der Waals surface area contributed by atoms with Gasteiger partial charge in [-0.2, -0.15) is 0 Å². The molecule has 0 aliphatic heterocycles. The van der Waals surface area contributed by atoms with Crippen molar-refractivity contribution in [2.45, 2.75) is 23.0 Å². The lowest BCUT2D eigenvalue weighted by Crippen LogP contribution is -2.34. The van der Waals surface area contributed by atoms with Crippen molar-refractivity contribution in [3.63, 3.8) is 0 Å². The molecular formula is C27H25N3O4S. The minimum absolute atomic E-state index is 0.192. The second-order valence-corrected chi connectivity index (χ2v) is 9.30. The normalized spacial score (nSPS) is 17.8. The van der Waals surface area contributed by atoms with Crippen LogP contribution in [0.4, 0.5) is 11.5 Å². The molecule has 4 rings (SSSR count). The highest BCUT2D eigenvalue weighted by atomic mass is 32.2. The summed E-state index contributed by atoms with van der Waals surface area (Å²) in [6.07, 6.45) is 6.03. The van der Waals surface area contributed by atoms with E-state index in [-0.39, 0.29) is 11.8 Å². The second-order valence-electron chi connectivity index (χ2n) is 8.12. The van der Waals surface area contributed by atoms with Crippen molar-refractivity contribution in [2.24, 2.45) is 11.8 Å². The molecule has 0 spiro atoms. The molecular weight excluding hydrogens is 462 g/mol. The SMILES string of the molecule is O=C(Nc1ccccn1)C(Sc1ccc(NC(=O)C2CC=CCC2C(=O)O)cc1)c1ccccc1. The van der Waals surface area contributed by atoms with Crippen molar-refractivity contribution in [1.29, 1.82) is 0 Å². The number of carboxylic acids is 1. The zero-order valence-corrected chi connectivity index (χ0v) is 19.7. The van der Waals surface area contributed by atoms with E-state index in [0.717, 1.165) is 10.5 Å². The van der Waals surface area contributed by atoms with Crippen LogP contribution in [0.15, 0.2) is 96.0 Å². The monoisotopic (exact) mass is 487 g/mol. The Bertz CT molecular complexity index is 1200. The molecule has 0 fully saturated rings. The van der Waals surface area contributed by atoms with Crippen LogP contribution in [0.5, 0.6) is 0 Å². The Kier molecular flexibility index (Phi) is 7.95. The Morgan fingerprint density at radius 3 is 2.20 bits per heavy atom. The number of carbonyl (C=O) groups is 3. The van der Waals surface area contributed by atoms with Crippen LogP contribution in [-0.2, 0) is 14.4 Å². The minimum atomic E-state index is -0.961. The average molecular weight is 488 g/mol. The van der Waals surface area contributed by atoms with Gasteiger partial charge in [-0.3, -0.25) is 14.4 Å².